The predicted octanol–water partition coefficient (Wildman–Crippen LogP) is 2.97. The van der Waals surface area contributed by atoms with Gasteiger partial charge in [0.15, 0.2) is 6.61 Å². The van der Waals surface area contributed by atoms with E-state index in [1.165, 1.54) is 38.5 Å². The van der Waals surface area contributed by atoms with Crippen molar-refractivity contribution in [1.82, 2.24) is 4.90 Å². The third-order valence-electron chi connectivity index (χ3n) is 4.72. The van der Waals surface area contributed by atoms with Gasteiger partial charge in [0.1, 0.15) is 11.6 Å². The molecule has 7 nitrogen and oxygen atoms in total. The van der Waals surface area contributed by atoms with Crippen LogP contribution >= 0.6 is 0 Å². The van der Waals surface area contributed by atoms with Crippen LogP contribution in [0.4, 0.5) is 4.39 Å². The first-order valence-corrected chi connectivity index (χ1v) is 9.40. The number of nitrogens with zero attached hydrogens (tertiary/aromatic N) is 1. The minimum absolute atomic E-state index is 0.0488. The molecule has 158 valence electrons. The second-order valence-electron chi connectivity index (χ2n) is 6.86. The molecule has 0 saturated heterocycles. The fourth-order valence-corrected chi connectivity index (χ4v) is 3.00. The van der Waals surface area contributed by atoms with E-state index in [0.717, 1.165) is 12.8 Å². The molecule has 0 bridgehead atoms. The first-order valence-electron chi connectivity index (χ1n) is 9.40. The highest BCUT2D eigenvalue weighted by molar-refractivity contribution is 5.96. The van der Waals surface area contributed by atoms with Crippen LogP contribution in [-0.2, 0) is 20.8 Å². The Kier molecular flexibility index (Phi) is 6.66. The number of methoxy groups -OCH3 is 2. The molecular formula is C22H22FNO6. The van der Waals surface area contributed by atoms with Gasteiger partial charge in [0.05, 0.1) is 25.3 Å². The highest BCUT2D eigenvalue weighted by Crippen LogP contribution is 2.29. The number of amides is 1. The van der Waals surface area contributed by atoms with Gasteiger partial charge in [-0.1, -0.05) is 18.2 Å². The molecule has 0 N–H and O–H groups in total. The summed E-state index contributed by atoms with van der Waals surface area (Å²) < 4.78 is 28.9. The molecule has 0 spiro atoms. The lowest BCUT2D eigenvalue weighted by atomic mass is 10.1. The van der Waals surface area contributed by atoms with Crippen LogP contribution in [-0.4, -0.2) is 49.6 Å². The Hall–Kier alpha value is -3.42. The zero-order valence-corrected chi connectivity index (χ0v) is 16.7. The minimum atomic E-state index is -0.656. The first-order chi connectivity index (χ1) is 14.4. The maximum Gasteiger partial charge on any atom is 0.338 e. The number of rotatable bonds is 8. The summed E-state index contributed by atoms with van der Waals surface area (Å²) in [7, 11) is 2.43. The predicted molar refractivity (Wildman–Crippen MR) is 105 cm³/mol. The molecule has 1 aliphatic carbocycles. The third kappa shape index (κ3) is 5.14. The second-order valence-corrected chi connectivity index (χ2v) is 6.86. The van der Waals surface area contributed by atoms with Crippen LogP contribution in [0.5, 0.6) is 5.75 Å². The fourth-order valence-electron chi connectivity index (χ4n) is 3.00. The number of carbonyl (C=O) groups excluding carboxylic acids is 3. The molecule has 3 rings (SSSR count). The quantitative estimate of drug-likeness (QED) is 0.617. The molecule has 8 heteroatoms. The van der Waals surface area contributed by atoms with Crippen LogP contribution in [0.25, 0.3) is 0 Å². The van der Waals surface area contributed by atoms with Gasteiger partial charge in [0.2, 0.25) is 0 Å². The summed E-state index contributed by atoms with van der Waals surface area (Å²) in [6.07, 6.45) is 1.70. The Morgan fingerprint density at radius 1 is 1.00 bits per heavy atom. The van der Waals surface area contributed by atoms with E-state index in [2.05, 4.69) is 9.47 Å². The van der Waals surface area contributed by atoms with Gasteiger partial charge in [0, 0.05) is 18.2 Å². The van der Waals surface area contributed by atoms with Crippen molar-refractivity contribution in [2.75, 3.05) is 20.8 Å². The maximum atomic E-state index is 14.0. The van der Waals surface area contributed by atoms with Gasteiger partial charge in [-0.3, -0.25) is 4.79 Å². The van der Waals surface area contributed by atoms with Crippen molar-refractivity contribution >= 4 is 17.8 Å². The number of esters is 2. The summed E-state index contributed by atoms with van der Waals surface area (Å²) in [5.74, 6) is -1.85. The molecule has 1 saturated carbocycles. The molecular weight excluding hydrogens is 393 g/mol. The number of benzene rings is 2. The van der Waals surface area contributed by atoms with Gasteiger partial charge in [0.25, 0.3) is 5.91 Å². The lowest BCUT2D eigenvalue weighted by Crippen LogP contribution is -2.36. The second kappa shape index (κ2) is 9.39. The summed E-state index contributed by atoms with van der Waals surface area (Å²) in [6, 6.07) is 10.4. The number of carbonyl (C=O) groups is 3. The molecule has 0 aromatic heterocycles. The fraction of sp³-hybridized carbons (Fsp3) is 0.318. The van der Waals surface area contributed by atoms with Crippen molar-refractivity contribution in [3.8, 4) is 5.75 Å². The topological polar surface area (TPSA) is 82.1 Å². The monoisotopic (exact) mass is 415 g/mol. The summed E-state index contributed by atoms with van der Waals surface area (Å²) in [6.45, 7) is -0.175. The largest absolute Gasteiger partial charge is 0.484 e. The van der Waals surface area contributed by atoms with Gasteiger partial charge in [-0.05, 0) is 37.1 Å². The normalized spacial score (nSPS) is 12.8. The van der Waals surface area contributed by atoms with Gasteiger partial charge >= 0.3 is 11.9 Å². The number of hydrogen-bond acceptors (Lipinski definition) is 6. The van der Waals surface area contributed by atoms with Crippen LogP contribution in [0, 0.1) is 5.82 Å². The summed E-state index contributed by atoms with van der Waals surface area (Å²) in [5, 5.41) is 0. The number of ether oxygens (including phenoxy) is 3. The molecule has 0 aliphatic heterocycles. The van der Waals surface area contributed by atoms with Gasteiger partial charge < -0.3 is 19.1 Å². The molecule has 0 unspecified atom stereocenters. The van der Waals surface area contributed by atoms with Crippen molar-refractivity contribution in [1.29, 1.82) is 0 Å². The zero-order valence-electron chi connectivity index (χ0n) is 16.7. The van der Waals surface area contributed by atoms with Gasteiger partial charge in [-0.25, -0.2) is 14.0 Å². The standard InChI is InChI=1S/C22H22FNO6/c1-28-21(26)15-9-16(22(27)29-2)11-18(10-15)30-13-20(25)24(17-7-8-17)12-14-5-3-4-6-19(14)23/h3-6,9-11,17H,7-8,12-13H2,1-2H3. The molecule has 0 radical (unpaired) electrons. The average Bonchev–Trinajstić information content (AvgIpc) is 3.60. The first kappa shape index (κ1) is 21.3. The molecule has 1 fully saturated rings. The Bertz CT molecular complexity index is 922. The van der Waals surface area contributed by atoms with Crippen molar-refractivity contribution in [3.63, 3.8) is 0 Å². The SMILES string of the molecule is COC(=O)c1cc(OCC(=O)N(Cc2ccccc2F)C2CC2)cc(C(=O)OC)c1. The van der Waals surface area contributed by atoms with E-state index < -0.39 is 11.9 Å². The summed E-state index contributed by atoms with van der Waals surface area (Å²) >= 11 is 0. The van der Waals surface area contributed by atoms with Crippen LogP contribution in [0.2, 0.25) is 0 Å². The molecule has 1 aliphatic rings. The molecule has 2 aromatic carbocycles. The van der Waals surface area contributed by atoms with Crippen LogP contribution in [0.1, 0.15) is 39.1 Å². The van der Waals surface area contributed by atoms with Gasteiger partial charge in [-0.2, -0.15) is 0 Å². The summed E-state index contributed by atoms with van der Waals surface area (Å²) in [5.41, 5.74) is 0.611. The van der Waals surface area contributed by atoms with E-state index >= 15 is 0 Å². The Balaban J connectivity index is 1.74. The van der Waals surface area contributed by atoms with E-state index in [9.17, 15) is 18.8 Å². The highest BCUT2D eigenvalue weighted by Gasteiger charge is 2.33. The lowest BCUT2D eigenvalue weighted by Gasteiger charge is -2.23. The van der Waals surface area contributed by atoms with Crippen molar-refractivity contribution < 1.29 is 33.0 Å². The average molecular weight is 415 g/mol. The van der Waals surface area contributed by atoms with E-state index in [1.54, 1.807) is 23.1 Å². The van der Waals surface area contributed by atoms with E-state index in [4.69, 9.17) is 4.74 Å². The smallest absolute Gasteiger partial charge is 0.338 e. The summed E-state index contributed by atoms with van der Waals surface area (Å²) in [4.78, 5) is 38.1. The van der Waals surface area contributed by atoms with Crippen molar-refractivity contribution in [2.45, 2.75) is 25.4 Å². The Morgan fingerprint density at radius 2 is 1.60 bits per heavy atom. The molecule has 1 amide bonds. The third-order valence-corrected chi connectivity index (χ3v) is 4.72. The van der Waals surface area contributed by atoms with Crippen molar-refractivity contribution in [3.05, 3.63) is 65.0 Å². The van der Waals surface area contributed by atoms with Crippen LogP contribution in [0.15, 0.2) is 42.5 Å². The van der Waals surface area contributed by atoms with E-state index in [0.29, 0.717) is 5.56 Å². The zero-order chi connectivity index (χ0) is 21.7. The van der Waals surface area contributed by atoms with Crippen LogP contribution in [0.3, 0.4) is 0 Å². The Labute approximate surface area is 173 Å². The van der Waals surface area contributed by atoms with E-state index in [-0.39, 0.29) is 47.8 Å². The number of halogens is 1. The minimum Gasteiger partial charge on any atom is -0.484 e. The number of hydrogen-bond donors (Lipinski definition) is 0. The molecule has 0 heterocycles. The highest BCUT2D eigenvalue weighted by atomic mass is 19.1. The Morgan fingerprint density at radius 3 is 2.13 bits per heavy atom. The maximum absolute atomic E-state index is 14.0. The van der Waals surface area contributed by atoms with E-state index in [1.807, 2.05) is 0 Å². The molecule has 30 heavy (non-hydrogen) atoms. The molecule has 0 atom stereocenters. The van der Waals surface area contributed by atoms with Crippen molar-refractivity contribution in [2.24, 2.45) is 0 Å². The molecule has 2 aromatic rings. The lowest BCUT2D eigenvalue weighted by molar-refractivity contribution is -0.134. The van der Waals surface area contributed by atoms with Crippen LogP contribution < -0.4 is 4.74 Å². The van der Waals surface area contributed by atoms with Gasteiger partial charge in [-0.15, -0.1) is 0 Å².